The van der Waals surface area contributed by atoms with Gasteiger partial charge < -0.3 is 10.6 Å². The first-order chi connectivity index (χ1) is 8.11. The molecule has 96 valence electrons. The first kappa shape index (κ1) is 14.0. The van der Waals surface area contributed by atoms with Gasteiger partial charge in [0.05, 0.1) is 0 Å². The molecule has 2 heteroatoms. The number of rotatable bonds is 6. The maximum absolute atomic E-state index is 6.18. The second kappa shape index (κ2) is 6.65. The van der Waals surface area contributed by atoms with Crippen molar-refractivity contribution >= 4 is 5.69 Å². The summed E-state index contributed by atoms with van der Waals surface area (Å²) in [5.41, 5.74) is 8.72. The molecule has 2 atom stereocenters. The van der Waals surface area contributed by atoms with Crippen LogP contribution in [-0.2, 0) is 0 Å². The van der Waals surface area contributed by atoms with E-state index in [9.17, 15) is 0 Å². The Hall–Kier alpha value is -1.02. The van der Waals surface area contributed by atoms with Crippen LogP contribution in [0.2, 0.25) is 0 Å². The highest BCUT2D eigenvalue weighted by Crippen LogP contribution is 2.27. The molecule has 1 rings (SSSR count). The molecular weight excluding hydrogens is 208 g/mol. The molecular formula is C15H26N2. The number of benzene rings is 1. The second-order valence-corrected chi connectivity index (χ2v) is 4.82. The summed E-state index contributed by atoms with van der Waals surface area (Å²) < 4.78 is 0. The molecule has 2 N–H and O–H groups in total. The first-order valence-corrected chi connectivity index (χ1v) is 6.69. The number of para-hydroxylation sites is 1. The van der Waals surface area contributed by atoms with Gasteiger partial charge in [0, 0.05) is 24.8 Å². The Balaban J connectivity index is 2.96. The van der Waals surface area contributed by atoms with Crippen LogP contribution in [0.1, 0.15) is 51.6 Å². The van der Waals surface area contributed by atoms with Crippen LogP contribution in [0.4, 0.5) is 5.69 Å². The summed E-state index contributed by atoms with van der Waals surface area (Å²) >= 11 is 0. The van der Waals surface area contributed by atoms with Crippen molar-refractivity contribution in [3.8, 4) is 0 Å². The maximum atomic E-state index is 6.18. The van der Waals surface area contributed by atoms with Crippen LogP contribution in [-0.4, -0.2) is 13.1 Å². The van der Waals surface area contributed by atoms with Gasteiger partial charge in [0.1, 0.15) is 0 Å². The van der Waals surface area contributed by atoms with Crippen LogP contribution >= 0.6 is 0 Å². The summed E-state index contributed by atoms with van der Waals surface area (Å²) in [6, 6.07) is 9.20. The van der Waals surface area contributed by atoms with Crippen LogP contribution in [0, 0.1) is 0 Å². The average molecular weight is 234 g/mol. The molecule has 1 aromatic carbocycles. The predicted octanol–water partition coefficient (Wildman–Crippen LogP) is 3.72. The van der Waals surface area contributed by atoms with Crippen LogP contribution in [0.25, 0.3) is 0 Å². The molecule has 0 saturated carbocycles. The van der Waals surface area contributed by atoms with Gasteiger partial charge in [0.15, 0.2) is 0 Å². The molecule has 0 amide bonds. The van der Waals surface area contributed by atoms with Gasteiger partial charge in [0.2, 0.25) is 0 Å². The minimum atomic E-state index is 0.141. The largest absolute Gasteiger partial charge is 0.372 e. The molecule has 1 unspecified atom stereocenters. The van der Waals surface area contributed by atoms with E-state index in [4.69, 9.17) is 5.73 Å². The molecule has 1 aromatic rings. The highest BCUT2D eigenvalue weighted by Gasteiger charge is 2.15. The van der Waals surface area contributed by atoms with Crippen LogP contribution in [0.3, 0.4) is 0 Å². The van der Waals surface area contributed by atoms with Gasteiger partial charge in [0.25, 0.3) is 0 Å². The van der Waals surface area contributed by atoms with Crippen molar-refractivity contribution in [2.75, 3.05) is 11.9 Å². The first-order valence-electron chi connectivity index (χ1n) is 6.69. The third kappa shape index (κ3) is 3.47. The zero-order valence-electron chi connectivity index (χ0n) is 11.6. The van der Waals surface area contributed by atoms with E-state index in [0.717, 1.165) is 6.42 Å². The normalized spacial score (nSPS) is 14.4. The van der Waals surface area contributed by atoms with Gasteiger partial charge in [-0.3, -0.25) is 0 Å². The Labute approximate surface area is 106 Å². The van der Waals surface area contributed by atoms with E-state index in [1.165, 1.54) is 24.1 Å². The van der Waals surface area contributed by atoms with E-state index >= 15 is 0 Å². The molecule has 0 aliphatic heterocycles. The monoisotopic (exact) mass is 234 g/mol. The zero-order valence-corrected chi connectivity index (χ0v) is 11.6. The van der Waals surface area contributed by atoms with Crippen molar-refractivity contribution in [1.82, 2.24) is 0 Å². The fraction of sp³-hybridized carbons (Fsp3) is 0.600. The molecule has 17 heavy (non-hydrogen) atoms. The molecule has 0 saturated heterocycles. The van der Waals surface area contributed by atoms with Crippen LogP contribution in [0.15, 0.2) is 24.3 Å². The lowest BCUT2D eigenvalue weighted by Gasteiger charge is -2.30. The van der Waals surface area contributed by atoms with Crippen molar-refractivity contribution in [3.05, 3.63) is 29.8 Å². The van der Waals surface area contributed by atoms with E-state index in [1.807, 2.05) is 0 Å². The maximum Gasteiger partial charge on any atom is 0.0414 e. The van der Waals surface area contributed by atoms with Gasteiger partial charge in [-0.1, -0.05) is 38.5 Å². The van der Waals surface area contributed by atoms with E-state index in [1.54, 1.807) is 0 Å². The Bertz CT molecular complexity index is 335. The van der Waals surface area contributed by atoms with Gasteiger partial charge in [-0.05, 0) is 31.4 Å². The molecule has 0 fully saturated rings. The minimum Gasteiger partial charge on any atom is -0.372 e. The lowest BCUT2D eigenvalue weighted by Crippen LogP contribution is -2.30. The topological polar surface area (TPSA) is 29.3 Å². The Morgan fingerprint density at radius 3 is 2.47 bits per heavy atom. The number of hydrogen-bond donors (Lipinski definition) is 1. The highest BCUT2D eigenvalue weighted by atomic mass is 15.1. The number of nitrogens with two attached hydrogens (primary N) is 1. The third-order valence-electron chi connectivity index (χ3n) is 3.52. The van der Waals surface area contributed by atoms with Gasteiger partial charge in [-0.2, -0.15) is 0 Å². The molecule has 0 heterocycles. The summed E-state index contributed by atoms with van der Waals surface area (Å²) in [5.74, 6) is 0. The fourth-order valence-electron chi connectivity index (χ4n) is 2.19. The van der Waals surface area contributed by atoms with Gasteiger partial charge in [-0.15, -0.1) is 0 Å². The second-order valence-electron chi connectivity index (χ2n) is 4.82. The molecule has 0 spiro atoms. The number of nitrogens with zero attached hydrogens (tertiary/aromatic N) is 1. The van der Waals surface area contributed by atoms with Crippen molar-refractivity contribution < 1.29 is 0 Å². The molecule has 0 radical (unpaired) electrons. The van der Waals surface area contributed by atoms with Crippen molar-refractivity contribution in [2.24, 2.45) is 5.73 Å². The van der Waals surface area contributed by atoms with Crippen molar-refractivity contribution in [2.45, 2.75) is 52.1 Å². The fourth-order valence-corrected chi connectivity index (χ4v) is 2.19. The van der Waals surface area contributed by atoms with Gasteiger partial charge in [-0.25, -0.2) is 0 Å². The highest BCUT2D eigenvalue weighted by molar-refractivity contribution is 5.55. The summed E-state index contributed by atoms with van der Waals surface area (Å²) in [6.45, 7) is 6.64. The molecule has 0 aliphatic carbocycles. The predicted molar refractivity (Wildman–Crippen MR) is 76.4 cm³/mol. The summed E-state index contributed by atoms with van der Waals surface area (Å²) in [4.78, 5) is 2.36. The number of anilines is 1. The van der Waals surface area contributed by atoms with Gasteiger partial charge >= 0.3 is 0 Å². The SMILES string of the molecule is CCCC(C)N(C)c1ccccc1[C@@H](N)CC. The Morgan fingerprint density at radius 2 is 1.88 bits per heavy atom. The lowest BCUT2D eigenvalue weighted by atomic mass is 10.0. The molecule has 0 aliphatic rings. The van der Waals surface area contributed by atoms with Crippen LogP contribution < -0.4 is 10.6 Å². The van der Waals surface area contributed by atoms with Crippen molar-refractivity contribution in [3.63, 3.8) is 0 Å². The lowest BCUT2D eigenvalue weighted by molar-refractivity contribution is 0.608. The molecule has 2 nitrogen and oxygen atoms in total. The third-order valence-corrected chi connectivity index (χ3v) is 3.52. The minimum absolute atomic E-state index is 0.141. The summed E-state index contributed by atoms with van der Waals surface area (Å²) in [6.07, 6.45) is 3.41. The Morgan fingerprint density at radius 1 is 1.24 bits per heavy atom. The quantitative estimate of drug-likeness (QED) is 0.813. The smallest absolute Gasteiger partial charge is 0.0414 e. The molecule has 0 aromatic heterocycles. The van der Waals surface area contributed by atoms with Crippen molar-refractivity contribution in [1.29, 1.82) is 0 Å². The van der Waals surface area contributed by atoms with E-state index in [0.29, 0.717) is 6.04 Å². The summed E-state index contributed by atoms with van der Waals surface area (Å²) in [7, 11) is 2.17. The molecule has 0 bridgehead atoms. The average Bonchev–Trinajstić information content (AvgIpc) is 2.37. The standard InChI is InChI=1S/C15H26N2/c1-5-9-12(3)17(4)15-11-8-7-10-13(15)14(16)6-2/h7-8,10-12,14H,5-6,9,16H2,1-4H3/t12?,14-/m0/s1. The Kier molecular flexibility index (Phi) is 5.49. The van der Waals surface area contributed by atoms with E-state index in [2.05, 4.69) is 57.0 Å². The van der Waals surface area contributed by atoms with E-state index in [-0.39, 0.29) is 6.04 Å². The zero-order chi connectivity index (χ0) is 12.8. The summed E-state index contributed by atoms with van der Waals surface area (Å²) in [5, 5.41) is 0. The number of hydrogen-bond acceptors (Lipinski definition) is 2. The van der Waals surface area contributed by atoms with E-state index < -0.39 is 0 Å². The van der Waals surface area contributed by atoms with Crippen LogP contribution in [0.5, 0.6) is 0 Å².